The van der Waals surface area contributed by atoms with Crippen molar-refractivity contribution in [1.29, 1.82) is 0 Å². The van der Waals surface area contributed by atoms with Gasteiger partial charge < -0.3 is 14.7 Å². The average Bonchev–Trinajstić information content (AvgIpc) is 3.56. The van der Waals surface area contributed by atoms with Gasteiger partial charge in [0, 0.05) is 91.8 Å². The van der Waals surface area contributed by atoms with Crippen LogP contribution in [0.1, 0.15) is 51.4 Å². The zero-order valence-electron chi connectivity index (χ0n) is 24.4. The van der Waals surface area contributed by atoms with E-state index in [9.17, 15) is 22.8 Å². The molecule has 4 aromatic heterocycles. The van der Waals surface area contributed by atoms with Crippen LogP contribution in [-0.2, 0) is 13.6 Å². The molecule has 0 spiro atoms. The summed E-state index contributed by atoms with van der Waals surface area (Å²) in [5.41, 5.74) is 6.54. The predicted octanol–water partition coefficient (Wildman–Crippen LogP) is 4.12. The van der Waals surface area contributed by atoms with Crippen LogP contribution in [0.3, 0.4) is 0 Å². The van der Waals surface area contributed by atoms with E-state index in [1.807, 2.05) is 65.2 Å². The Morgan fingerprint density at radius 2 is 1.76 bits per heavy atom. The fourth-order valence-corrected chi connectivity index (χ4v) is 5.99. The number of rotatable bonds is 8. The van der Waals surface area contributed by atoms with Gasteiger partial charge in [-0.1, -0.05) is 0 Å². The molecule has 2 unspecified atom stereocenters. The summed E-state index contributed by atoms with van der Waals surface area (Å²) in [5, 5.41) is 7.21. The number of piperazine rings is 1. The molecule has 1 aliphatic heterocycles. The molecule has 5 rings (SSSR count). The van der Waals surface area contributed by atoms with E-state index in [0.29, 0.717) is 24.2 Å². The Balaban J connectivity index is 1.50. The SMILES string of the molecule is Cc1cc(C)c(CNC(=O)c2cc3cc(-c4ccnn4C)cn3c(C(C)N3CCN(C(F)C(F)F)CC3)c2C)c(=O)[nH]1. The minimum Gasteiger partial charge on any atom is -0.348 e. The molecule has 224 valence electrons. The lowest BCUT2D eigenvalue weighted by Gasteiger charge is -2.39. The van der Waals surface area contributed by atoms with Gasteiger partial charge >= 0.3 is 0 Å². The van der Waals surface area contributed by atoms with Crippen molar-refractivity contribution < 1.29 is 18.0 Å². The second-order valence-corrected chi connectivity index (χ2v) is 11.0. The molecule has 0 saturated carbocycles. The molecule has 2 atom stereocenters. The second-order valence-electron chi connectivity index (χ2n) is 11.0. The number of H-pyrrole nitrogens is 1. The summed E-state index contributed by atoms with van der Waals surface area (Å²) >= 11 is 0. The monoisotopic (exact) mass is 583 g/mol. The van der Waals surface area contributed by atoms with Gasteiger partial charge in [0.1, 0.15) is 0 Å². The Bertz CT molecular complexity index is 1670. The molecule has 42 heavy (non-hydrogen) atoms. The van der Waals surface area contributed by atoms with Crippen molar-refractivity contribution in [3.8, 4) is 11.3 Å². The van der Waals surface area contributed by atoms with Crippen LogP contribution in [0.25, 0.3) is 16.8 Å². The zero-order valence-corrected chi connectivity index (χ0v) is 24.4. The van der Waals surface area contributed by atoms with Gasteiger partial charge in [-0.15, -0.1) is 0 Å². The number of halogens is 3. The Morgan fingerprint density at radius 1 is 1.07 bits per heavy atom. The van der Waals surface area contributed by atoms with Crippen molar-refractivity contribution in [2.45, 2.75) is 53.0 Å². The van der Waals surface area contributed by atoms with Crippen LogP contribution < -0.4 is 10.9 Å². The first-order chi connectivity index (χ1) is 20.0. The highest BCUT2D eigenvalue weighted by atomic mass is 19.3. The number of carbonyl (C=O) groups excluding carboxylic acids is 1. The number of amides is 1. The van der Waals surface area contributed by atoms with Gasteiger partial charge in [0.2, 0.25) is 6.30 Å². The fraction of sp³-hybridized carbons (Fsp3) is 0.433. The standard InChI is InChI=1S/C30H36F3N7O2/c1-17-12-18(2)36-30(42)24(17)15-34-29(41)23-14-22-13-21(25-6-7-35-37(25)5)16-40(22)26(19(23)3)20(4)38-8-10-39(11-9-38)28(33)27(31)32/h6-7,12-14,16,20,27-28H,8-11,15H2,1-5H3,(H,34,41)(H,36,42). The molecule has 1 amide bonds. The number of aryl methyl sites for hydroxylation is 3. The molecule has 0 radical (unpaired) electrons. The van der Waals surface area contributed by atoms with Crippen LogP contribution in [0.4, 0.5) is 13.2 Å². The van der Waals surface area contributed by atoms with Crippen LogP contribution in [0, 0.1) is 20.8 Å². The first-order valence-corrected chi connectivity index (χ1v) is 14.0. The Morgan fingerprint density at radius 3 is 2.38 bits per heavy atom. The first-order valence-electron chi connectivity index (χ1n) is 14.0. The van der Waals surface area contributed by atoms with Crippen molar-refractivity contribution in [2.75, 3.05) is 26.2 Å². The molecule has 1 aliphatic rings. The summed E-state index contributed by atoms with van der Waals surface area (Å²) < 4.78 is 43.7. The molecule has 12 heteroatoms. The number of fused-ring (bicyclic) bond motifs is 1. The summed E-state index contributed by atoms with van der Waals surface area (Å²) in [6.45, 7) is 8.78. The molecule has 1 fully saturated rings. The highest BCUT2D eigenvalue weighted by Crippen LogP contribution is 2.32. The lowest BCUT2D eigenvalue weighted by atomic mass is 10.00. The summed E-state index contributed by atoms with van der Waals surface area (Å²) in [4.78, 5) is 32.2. The van der Waals surface area contributed by atoms with Crippen LogP contribution in [0.5, 0.6) is 0 Å². The third-order valence-electron chi connectivity index (χ3n) is 8.32. The maximum Gasteiger partial charge on any atom is 0.282 e. The minimum atomic E-state index is -3.05. The summed E-state index contributed by atoms with van der Waals surface area (Å²) in [7, 11) is 1.86. The molecule has 4 aromatic rings. The van der Waals surface area contributed by atoms with E-state index in [4.69, 9.17) is 0 Å². The van der Waals surface area contributed by atoms with E-state index >= 15 is 0 Å². The van der Waals surface area contributed by atoms with E-state index in [0.717, 1.165) is 39.3 Å². The van der Waals surface area contributed by atoms with E-state index in [-0.39, 0.29) is 37.1 Å². The minimum absolute atomic E-state index is 0.0769. The Kier molecular flexibility index (Phi) is 8.29. The highest BCUT2D eigenvalue weighted by molar-refractivity contribution is 5.97. The third-order valence-corrected chi connectivity index (χ3v) is 8.32. The number of carbonyl (C=O) groups is 1. The lowest BCUT2D eigenvalue weighted by molar-refractivity contribution is -0.0688. The van der Waals surface area contributed by atoms with Gasteiger partial charge in [-0.3, -0.25) is 24.1 Å². The predicted molar refractivity (Wildman–Crippen MR) is 155 cm³/mol. The van der Waals surface area contributed by atoms with Gasteiger partial charge in [-0.05, 0) is 63.1 Å². The average molecular weight is 584 g/mol. The van der Waals surface area contributed by atoms with E-state index < -0.39 is 12.7 Å². The van der Waals surface area contributed by atoms with E-state index in [2.05, 4.69) is 24.7 Å². The van der Waals surface area contributed by atoms with Gasteiger partial charge in [-0.25, -0.2) is 13.2 Å². The van der Waals surface area contributed by atoms with Crippen LogP contribution >= 0.6 is 0 Å². The number of nitrogens with one attached hydrogen (secondary N) is 2. The zero-order chi connectivity index (χ0) is 30.3. The molecule has 9 nitrogen and oxygen atoms in total. The molecule has 1 saturated heterocycles. The maximum absolute atomic E-state index is 14.0. The summed E-state index contributed by atoms with van der Waals surface area (Å²) in [6, 6.07) is 7.40. The molecule has 2 N–H and O–H groups in total. The summed E-state index contributed by atoms with van der Waals surface area (Å²) in [6.07, 6.45) is -1.60. The first kappa shape index (κ1) is 29.6. The van der Waals surface area contributed by atoms with Crippen molar-refractivity contribution in [2.24, 2.45) is 7.05 Å². The van der Waals surface area contributed by atoms with Gasteiger partial charge in [-0.2, -0.15) is 5.10 Å². The molecule has 0 aromatic carbocycles. The largest absolute Gasteiger partial charge is 0.348 e. The van der Waals surface area contributed by atoms with Crippen molar-refractivity contribution in [3.05, 3.63) is 80.7 Å². The fourth-order valence-electron chi connectivity index (χ4n) is 5.99. The second kappa shape index (κ2) is 11.8. The van der Waals surface area contributed by atoms with Crippen molar-refractivity contribution >= 4 is 11.4 Å². The Hall–Kier alpha value is -3.90. The number of aromatic nitrogens is 4. The number of nitrogens with zero attached hydrogens (tertiary/aromatic N) is 5. The quantitative estimate of drug-likeness (QED) is 0.305. The smallest absolute Gasteiger partial charge is 0.282 e. The number of hydrogen-bond donors (Lipinski definition) is 2. The third kappa shape index (κ3) is 5.60. The van der Waals surface area contributed by atoms with Crippen LogP contribution in [0.2, 0.25) is 0 Å². The van der Waals surface area contributed by atoms with Gasteiger partial charge in [0.15, 0.2) is 0 Å². The molecular formula is C30H36F3N7O2. The van der Waals surface area contributed by atoms with Gasteiger partial charge in [0.25, 0.3) is 17.9 Å². The van der Waals surface area contributed by atoms with Crippen LogP contribution in [0.15, 0.2) is 41.5 Å². The number of alkyl halides is 3. The molecule has 0 bridgehead atoms. The van der Waals surface area contributed by atoms with Gasteiger partial charge in [0.05, 0.1) is 5.69 Å². The molecular weight excluding hydrogens is 547 g/mol. The highest BCUT2D eigenvalue weighted by Gasteiger charge is 2.33. The number of pyridine rings is 2. The van der Waals surface area contributed by atoms with Crippen LogP contribution in [-0.4, -0.2) is 73.8 Å². The molecule has 0 aliphatic carbocycles. The maximum atomic E-state index is 14.0. The topological polar surface area (TPSA) is 90.7 Å². The Labute approximate surface area is 241 Å². The van der Waals surface area contributed by atoms with Crippen molar-refractivity contribution in [1.82, 2.24) is 34.3 Å². The normalized spacial score (nSPS) is 16.3. The number of aromatic amines is 1. The number of hydrogen-bond acceptors (Lipinski definition) is 5. The molecule has 5 heterocycles. The van der Waals surface area contributed by atoms with E-state index in [1.165, 1.54) is 4.90 Å². The lowest BCUT2D eigenvalue weighted by Crippen LogP contribution is -2.51. The van der Waals surface area contributed by atoms with E-state index in [1.54, 1.807) is 10.9 Å². The van der Waals surface area contributed by atoms with Crippen molar-refractivity contribution in [3.63, 3.8) is 0 Å². The summed E-state index contributed by atoms with van der Waals surface area (Å²) in [5.74, 6) is -0.312.